The van der Waals surface area contributed by atoms with Crippen molar-refractivity contribution in [3.63, 3.8) is 0 Å². The number of likely N-dealkylation sites (tertiary alicyclic amines) is 1. The molecule has 0 N–H and O–H groups in total. The normalized spacial score (nSPS) is 23.7. The molecule has 0 aromatic heterocycles. The number of amides is 1. The highest BCUT2D eigenvalue weighted by atomic mass is 19.4. The Labute approximate surface area is 155 Å². The topological polar surface area (TPSA) is 38.8 Å². The Balaban J connectivity index is 1.75. The van der Waals surface area contributed by atoms with Crippen LogP contribution < -0.4 is 4.74 Å². The van der Waals surface area contributed by atoms with Crippen LogP contribution in [0.4, 0.5) is 22.4 Å². The number of fused-ring (bicyclic) bond motifs is 1. The van der Waals surface area contributed by atoms with E-state index in [2.05, 4.69) is 0 Å². The summed E-state index contributed by atoms with van der Waals surface area (Å²) in [6.07, 6.45) is -5.29. The minimum absolute atomic E-state index is 0.0725. The number of nitrogens with zero attached hydrogens (tertiary/aromatic N) is 1. The minimum Gasteiger partial charge on any atom is -0.477 e. The zero-order valence-corrected chi connectivity index (χ0v) is 15.5. The fourth-order valence-corrected chi connectivity index (χ4v) is 3.77. The third-order valence-electron chi connectivity index (χ3n) is 5.05. The van der Waals surface area contributed by atoms with Gasteiger partial charge in [-0.3, -0.25) is 0 Å². The highest BCUT2D eigenvalue weighted by Crippen LogP contribution is 2.51. The molecule has 2 aliphatic heterocycles. The number of hydrogen-bond donors (Lipinski definition) is 0. The molecule has 1 saturated heterocycles. The van der Waals surface area contributed by atoms with Crippen molar-refractivity contribution in [3.05, 3.63) is 29.6 Å². The van der Waals surface area contributed by atoms with Gasteiger partial charge < -0.3 is 14.4 Å². The summed E-state index contributed by atoms with van der Waals surface area (Å²) in [5, 5.41) is 0. The third-order valence-corrected chi connectivity index (χ3v) is 5.05. The predicted octanol–water partition coefficient (Wildman–Crippen LogP) is 4.71. The van der Waals surface area contributed by atoms with E-state index in [9.17, 15) is 22.4 Å². The van der Waals surface area contributed by atoms with Crippen LogP contribution >= 0.6 is 0 Å². The first kappa shape index (κ1) is 19.8. The number of carbonyl (C=O) groups excluding carboxylic acids is 1. The first-order chi connectivity index (χ1) is 12.4. The van der Waals surface area contributed by atoms with Crippen LogP contribution in [-0.2, 0) is 11.2 Å². The van der Waals surface area contributed by atoms with Crippen molar-refractivity contribution in [1.82, 2.24) is 4.90 Å². The van der Waals surface area contributed by atoms with Gasteiger partial charge in [-0.25, -0.2) is 9.18 Å². The number of halogens is 4. The lowest BCUT2D eigenvalue weighted by Crippen LogP contribution is -2.58. The number of piperidine rings is 1. The van der Waals surface area contributed by atoms with E-state index in [-0.39, 0.29) is 37.2 Å². The summed E-state index contributed by atoms with van der Waals surface area (Å²) in [5.74, 6) is -1.34. The molecule has 8 heteroatoms. The van der Waals surface area contributed by atoms with Gasteiger partial charge in [0.05, 0.1) is 0 Å². The summed E-state index contributed by atoms with van der Waals surface area (Å²) < 4.78 is 66.2. The summed E-state index contributed by atoms with van der Waals surface area (Å²) in [6.45, 7) is 5.52. The highest BCUT2D eigenvalue weighted by molar-refractivity contribution is 5.68. The van der Waals surface area contributed by atoms with Crippen molar-refractivity contribution >= 4 is 6.09 Å². The van der Waals surface area contributed by atoms with Gasteiger partial charge >= 0.3 is 12.3 Å². The summed E-state index contributed by atoms with van der Waals surface area (Å²) in [5.41, 5.74) is -2.83. The highest BCUT2D eigenvalue weighted by Gasteiger charge is 2.64. The van der Waals surface area contributed by atoms with Gasteiger partial charge in [0.15, 0.2) is 0 Å². The average Bonchev–Trinajstić information content (AvgIpc) is 2.93. The summed E-state index contributed by atoms with van der Waals surface area (Å²) in [6, 6.07) is 3.43. The van der Waals surface area contributed by atoms with Crippen LogP contribution in [0.15, 0.2) is 18.2 Å². The van der Waals surface area contributed by atoms with Crippen molar-refractivity contribution in [2.24, 2.45) is 5.92 Å². The minimum atomic E-state index is -4.61. The maximum Gasteiger partial charge on any atom is 0.428 e. The van der Waals surface area contributed by atoms with Crippen LogP contribution in [0.1, 0.15) is 39.2 Å². The molecule has 1 fully saturated rings. The van der Waals surface area contributed by atoms with Crippen LogP contribution in [0.3, 0.4) is 0 Å². The zero-order valence-electron chi connectivity index (χ0n) is 15.5. The standard InChI is InChI=1S/C19H23F4NO3/c1-17(2,3)27-16(25)24-8-6-13(7-9-24)18(19(21,22)23)11-12-10-14(20)4-5-15(12)26-18/h4-5,10,13H,6-9,11H2,1-3H3. The molecular weight excluding hydrogens is 366 g/mol. The summed E-state index contributed by atoms with van der Waals surface area (Å²) in [7, 11) is 0. The van der Waals surface area contributed by atoms with Gasteiger partial charge in [-0.05, 0) is 51.8 Å². The van der Waals surface area contributed by atoms with E-state index >= 15 is 0 Å². The maximum atomic E-state index is 14.0. The van der Waals surface area contributed by atoms with Gasteiger partial charge in [-0.15, -0.1) is 0 Å². The van der Waals surface area contributed by atoms with Gasteiger partial charge in [0.1, 0.15) is 17.2 Å². The van der Waals surface area contributed by atoms with E-state index in [0.29, 0.717) is 0 Å². The molecule has 27 heavy (non-hydrogen) atoms. The Bertz CT molecular complexity index is 721. The molecular formula is C19H23F4NO3. The quantitative estimate of drug-likeness (QED) is 0.653. The molecule has 0 aliphatic carbocycles. The Morgan fingerprint density at radius 1 is 1.22 bits per heavy atom. The first-order valence-corrected chi connectivity index (χ1v) is 8.93. The molecule has 4 nitrogen and oxygen atoms in total. The Hall–Kier alpha value is -1.99. The van der Waals surface area contributed by atoms with E-state index in [4.69, 9.17) is 9.47 Å². The number of benzene rings is 1. The molecule has 2 aliphatic rings. The number of hydrogen-bond acceptors (Lipinski definition) is 3. The maximum absolute atomic E-state index is 14.0. The van der Waals surface area contributed by atoms with Crippen LogP contribution in [0.25, 0.3) is 0 Å². The molecule has 1 unspecified atom stereocenters. The fourth-order valence-electron chi connectivity index (χ4n) is 3.77. The molecule has 0 spiro atoms. The lowest BCUT2D eigenvalue weighted by atomic mass is 9.77. The van der Waals surface area contributed by atoms with Gasteiger partial charge in [-0.2, -0.15) is 13.2 Å². The molecule has 1 aromatic rings. The van der Waals surface area contributed by atoms with Gasteiger partial charge in [0, 0.05) is 31.0 Å². The summed E-state index contributed by atoms with van der Waals surface area (Å²) >= 11 is 0. The molecule has 0 radical (unpaired) electrons. The Morgan fingerprint density at radius 3 is 2.41 bits per heavy atom. The number of carbonyl (C=O) groups is 1. The summed E-state index contributed by atoms with van der Waals surface area (Å²) in [4.78, 5) is 13.6. The van der Waals surface area contributed by atoms with Gasteiger partial charge in [0.25, 0.3) is 0 Å². The van der Waals surface area contributed by atoms with Crippen LogP contribution in [-0.4, -0.2) is 41.5 Å². The van der Waals surface area contributed by atoms with Gasteiger partial charge in [0.2, 0.25) is 5.60 Å². The van der Waals surface area contributed by atoms with Crippen molar-refractivity contribution in [2.45, 2.75) is 57.4 Å². The smallest absolute Gasteiger partial charge is 0.428 e. The zero-order chi connectivity index (χ0) is 20.0. The van der Waals surface area contributed by atoms with Crippen LogP contribution in [0.2, 0.25) is 0 Å². The lowest BCUT2D eigenvalue weighted by Gasteiger charge is -2.42. The Kier molecular flexibility index (Phi) is 4.80. The van der Waals surface area contributed by atoms with Gasteiger partial charge in [-0.1, -0.05) is 0 Å². The van der Waals surface area contributed by atoms with Crippen molar-refractivity contribution < 1.29 is 31.8 Å². The number of rotatable bonds is 1. The predicted molar refractivity (Wildman–Crippen MR) is 90.0 cm³/mol. The monoisotopic (exact) mass is 389 g/mol. The second-order valence-electron chi connectivity index (χ2n) is 8.16. The van der Waals surface area contributed by atoms with Crippen molar-refractivity contribution in [1.29, 1.82) is 0 Å². The molecule has 1 amide bonds. The molecule has 1 aromatic carbocycles. The largest absolute Gasteiger partial charge is 0.477 e. The molecule has 150 valence electrons. The van der Waals surface area contributed by atoms with Crippen LogP contribution in [0, 0.1) is 11.7 Å². The second kappa shape index (κ2) is 6.56. The number of ether oxygens (including phenoxy) is 2. The van der Waals surface area contributed by atoms with E-state index in [1.807, 2.05) is 0 Å². The second-order valence-corrected chi connectivity index (χ2v) is 8.16. The van der Waals surface area contributed by atoms with Crippen molar-refractivity contribution in [3.8, 4) is 5.75 Å². The number of alkyl halides is 3. The first-order valence-electron chi connectivity index (χ1n) is 8.93. The molecule has 1 atom stereocenters. The lowest BCUT2D eigenvalue weighted by molar-refractivity contribution is -0.264. The Morgan fingerprint density at radius 2 is 1.85 bits per heavy atom. The van der Waals surface area contributed by atoms with Crippen LogP contribution in [0.5, 0.6) is 5.75 Å². The molecule has 0 bridgehead atoms. The molecule has 2 heterocycles. The van der Waals surface area contributed by atoms with E-state index < -0.39 is 41.6 Å². The molecule has 3 rings (SSSR count). The third kappa shape index (κ3) is 3.84. The average molecular weight is 389 g/mol. The van der Waals surface area contributed by atoms with E-state index in [1.54, 1.807) is 20.8 Å². The SMILES string of the molecule is CC(C)(C)OC(=O)N1CCC(C2(C(F)(F)F)Cc3cc(F)ccc3O2)CC1. The van der Waals surface area contributed by atoms with E-state index in [1.165, 1.54) is 11.0 Å². The fraction of sp³-hybridized carbons (Fsp3) is 0.632. The molecule has 0 saturated carbocycles. The van der Waals surface area contributed by atoms with E-state index in [0.717, 1.165) is 12.1 Å². The van der Waals surface area contributed by atoms with Crippen molar-refractivity contribution in [2.75, 3.05) is 13.1 Å².